The van der Waals surface area contributed by atoms with Gasteiger partial charge in [-0.15, -0.1) is 0 Å². The molecule has 0 spiro atoms. The molecule has 0 saturated heterocycles. The molecule has 142 valence electrons. The number of non-ortho nitro benzene ring substituents is 1. The molecule has 5 rings (SSSR count). The molecule has 0 amide bonds. The van der Waals surface area contributed by atoms with Crippen LogP contribution < -0.4 is 5.32 Å². The standard InChI is InChI=1S/C23H18N4O2/c28-27(29)19-8-4-5-15(11-19)14-24-18-9-10-20-17(12-18)13-21-22(25-26-23(20)21)16-6-2-1-3-7-16/h1-12,24H,13-14H2,(H,25,26). The average Bonchev–Trinajstić information content (AvgIpc) is 3.32. The maximum absolute atomic E-state index is 10.9. The largest absolute Gasteiger partial charge is 0.381 e. The first-order valence-electron chi connectivity index (χ1n) is 9.42. The minimum absolute atomic E-state index is 0.109. The maximum Gasteiger partial charge on any atom is 0.269 e. The Morgan fingerprint density at radius 2 is 1.90 bits per heavy atom. The molecule has 1 heterocycles. The van der Waals surface area contributed by atoms with Gasteiger partial charge in [0.2, 0.25) is 0 Å². The molecule has 4 aromatic rings. The summed E-state index contributed by atoms with van der Waals surface area (Å²) in [7, 11) is 0. The molecule has 29 heavy (non-hydrogen) atoms. The van der Waals surface area contributed by atoms with Crippen LogP contribution in [-0.4, -0.2) is 15.1 Å². The van der Waals surface area contributed by atoms with E-state index < -0.39 is 0 Å². The third kappa shape index (κ3) is 3.14. The van der Waals surface area contributed by atoms with Crippen LogP contribution in [0.3, 0.4) is 0 Å². The first kappa shape index (κ1) is 17.2. The number of aromatic nitrogens is 2. The zero-order chi connectivity index (χ0) is 19.8. The molecule has 3 aromatic carbocycles. The fourth-order valence-electron chi connectivity index (χ4n) is 3.86. The highest BCUT2D eigenvalue weighted by Gasteiger charge is 2.25. The van der Waals surface area contributed by atoms with Gasteiger partial charge >= 0.3 is 0 Å². The Morgan fingerprint density at radius 1 is 1.03 bits per heavy atom. The quantitative estimate of drug-likeness (QED) is 0.324. The number of benzene rings is 3. The van der Waals surface area contributed by atoms with E-state index in [-0.39, 0.29) is 10.6 Å². The molecular formula is C23H18N4O2. The highest BCUT2D eigenvalue weighted by atomic mass is 16.6. The van der Waals surface area contributed by atoms with E-state index in [1.165, 1.54) is 22.8 Å². The number of rotatable bonds is 5. The van der Waals surface area contributed by atoms with Gasteiger partial charge < -0.3 is 5.32 Å². The Bertz CT molecular complexity index is 1210. The van der Waals surface area contributed by atoms with Gasteiger partial charge in [-0.3, -0.25) is 15.2 Å². The summed E-state index contributed by atoms with van der Waals surface area (Å²) in [6.07, 6.45) is 0.831. The van der Waals surface area contributed by atoms with Gasteiger partial charge in [-0.25, -0.2) is 0 Å². The lowest BCUT2D eigenvalue weighted by Gasteiger charge is -2.09. The van der Waals surface area contributed by atoms with E-state index in [1.54, 1.807) is 12.1 Å². The van der Waals surface area contributed by atoms with E-state index in [1.807, 2.05) is 30.3 Å². The summed E-state index contributed by atoms with van der Waals surface area (Å²) in [5, 5.41) is 22.1. The lowest BCUT2D eigenvalue weighted by molar-refractivity contribution is -0.384. The van der Waals surface area contributed by atoms with Gasteiger partial charge in [0.1, 0.15) is 0 Å². The summed E-state index contributed by atoms with van der Waals surface area (Å²) in [5.74, 6) is 0. The van der Waals surface area contributed by atoms with Crippen molar-refractivity contribution in [1.82, 2.24) is 10.2 Å². The molecule has 0 unspecified atom stereocenters. The van der Waals surface area contributed by atoms with Gasteiger partial charge in [0.05, 0.1) is 16.3 Å². The van der Waals surface area contributed by atoms with Crippen LogP contribution >= 0.6 is 0 Å². The predicted molar refractivity (Wildman–Crippen MR) is 113 cm³/mol. The van der Waals surface area contributed by atoms with Gasteiger partial charge in [0.15, 0.2) is 0 Å². The normalized spacial score (nSPS) is 11.7. The molecule has 6 heteroatoms. The van der Waals surface area contributed by atoms with E-state index in [9.17, 15) is 10.1 Å². The van der Waals surface area contributed by atoms with Gasteiger partial charge in [0.25, 0.3) is 5.69 Å². The van der Waals surface area contributed by atoms with E-state index >= 15 is 0 Å². The number of nitrogens with one attached hydrogen (secondary N) is 2. The Morgan fingerprint density at radius 3 is 2.72 bits per heavy atom. The summed E-state index contributed by atoms with van der Waals surface area (Å²) in [6, 6.07) is 23.2. The smallest absolute Gasteiger partial charge is 0.269 e. The van der Waals surface area contributed by atoms with E-state index in [4.69, 9.17) is 0 Å². The van der Waals surface area contributed by atoms with E-state index in [0.717, 1.165) is 34.6 Å². The van der Waals surface area contributed by atoms with Crippen molar-refractivity contribution in [2.45, 2.75) is 13.0 Å². The summed E-state index contributed by atoms with van der Waals surface area (Å²) < 4.78 is 0. The Labute approximate surface area is 167 Å². The third-order valence-corrected chi connectivity index (χ3v) is 5.27. The second-order valence-corrected chi connectivity index (χ2v) is 7.12. The number of anilines is 1. The van der Waals surface area contributed by atoms with E-state index in [2.05, 4.69) is 39.8 Å². The Hall–Kier alpha value is -3.93. The number of nitrogens with zero attached hydrogens (tertiary/aromatic N) is 2. The number of H-pyrrole nitrogens is 1. The minimum Gasteiger partial charge on any atom is -0.381 e. The number of fused-ring (bicyclic) bond motifs is 3. The first-order chi connectivity index (χ1) is 14.2. The summed E-state index contributed by atoms with van der Waals surface area (Å²) >= 11 is 0. The second-order valence-electron chi connectivity index (χ2n) is 7.12. The van der Waals surface area contributed by atoms with Crippen molar-refractivity contribution in [3.63, 3.8) is 0 Å². The third-order valence-electron chi connectivity index (χ3n) is 5.27. The lowest BCUT2D eigenvalue weighted by atomic mass is 10.1. The molecule has 0 aliphatic heterocycles. The van der Waals surface area contributed by atoms with Crippen LogP contribution in [-0.2, 0) is 13.0 Å². The van der Waals surface area contributed by atoms with Crippen LogP contribution in [0.4, 0.5) is 11.4 Å². The van der Waals surface area contributed by atoms with Crippen molar-refractivity contribution in [2.24, 2.45) is 0 Å². The Balaban J connectivity index is 1.36. The molecule has 0 fully saturated rings. The van der Waals surface area contributed by atoms with Crippen LogP contribution in [0.15, 0.2) is 72.8 Å². The topological polar surface area (TPSA) is 83.8 Å². The molecule has 2 N–H and O–H groups in total. The van der Waals surface area contributed by atoms with Crippen LogP contribution in [0.5, 0.6) is 0 Å². The van der Waals surface area contributed by atoms with Gasteiger partial charge in [-0.2, -0.15) is 5.10 Å². The van der Waals surface area contributed by atoms with Crippen LogP contribution in [0.2, 0.25) is 0 Å². The SMILES string of the molecule is O=[N+]([O-])c1cccc(CNc2ccc3c(c2)Cc2c(-c4ccccc4)n[nH]c2-3)c1. The molecule has 0 bridgehead atoms. The Kier molecular flexibility index (Phi) is 4.09. The molecule has 0 radical (unpaired) electrons. The van der Waals surface area contributed by atoms with Crippen molar-refractivity contribution in [3.8, 4) is 22.5 Å². The fourth-order valence-corrected chi connectivity index (χ4v) is 3.86. The molecule has 1 aliphatic carbocycles. The second kappa shape index (κ2) is 6.91. The first-order valence-corrected chi connectivity index (χ1v) is 9.42. The van der Waals surface area contributed by atoms with Gasteiger partial charge in [-0.1, -0.05) is 48.5 Å². The number of hydrogen-bond acceptors (Lipinski definition) is 4. The molecule has 0 saturated carbocycles. The molecular weight excluding hydrogens is 364 g/mol. The zero-order valence-electron chi connectivity index (χ0n) is 15.6. The zero-order valence-corrected chi connectivity index (χ0v) is 15.6. The highest BCUT2D eigenvalue weighted by Crippen LogP contribution is 2.40. The van der Waals surface area contributed by atoms with Crippen molar-refractivity contribution >= 4 is 11.4 Å². The van der Waals surface area contributed by atoms with Crippen molar-refractivity contribution < 1.29 is 4.92 Å². The van der Waals surface area contributed by atoms with Gasteiger partial charge in [-0.05, 0) is 23.3 Å². The molecule has 1 aliphatic rings. The van der Waals surface area contributed by atoms with Crippen LogP contribution in [0.1, 0.15) is 16.7 Å². The van der Waals surface area contributed by atoms with E-state index in [0.29, 0.717) is 6.54 Å². The fraction of sp³-hybridized carbons (Fsp3) is 0.0870. The molecule has 6 nitrogen and oxygen atoms in total. The summed E-state index contributed by atoms with van der Waals surface area (Å²) in [5.41, 5.74) is 8.83. The van der Waals surface area contributed by atoms with Crippen molar-refractivity contribution in [3.05, 3.63) is 99.6 Å². The van der Waals surface area contributed by atoms with Crippen molar-refractivity contribution in [1.29, 1.82) is 0 Å². The minimum atomic E-state index is -0.370. The van der Waals surface area contributed by atoms with Crippen LogP contribution in [0.25, 0.3) is 22.5 Å². The monoisotopic (exact) mass is 382 g/mol. The van der Waals surface area contributed by atoms with Crippen LogP contribution in [0, 0.1) is 10.1 Å². The summed E-state index contributed by atoms with van der Waals surface area (Å²) in [4.78, 5) is 10.6. The molecule has 0 atom stereocenters. The van der Waals surface area contributed by atoms with Crippen molar-refractivity contribution in [2.75, 3.05) is 5.32 Å². The summed E-state index contributed by atoms with van der Waals surface area (Å²) in [6.45, 7) is 0.530. The number of nitro benzene ring substituents is 1. The maximum atomic E-state index is 10.9. The molecule has 1 aromatic heterocycles. The number of hydrogen-bond donors (Lipinski definition) is 2. The number of nitro groups is 1. The number of aromatic amines is 1. The van der Waals surface area contributed by atoms with Gasteiger partial charge in [0, 0.05) is 47.5 Å². The highest BCUT2D eigenvalue weighted by molar-refractivity contribution is 5.82. The predicted octanol–water partition coefficient (Wildman–Crippen LogP) is 5.17. The average molecular weight is 382 g/mol. The lowest BCUT2D eigenvalue weighted by Crippen LogP contribution is -2.00.